The minimum absolute atomic E-state index is 0.792. The first-order valence-corrected chi connectivity index (χ1v) is 9.01. The third-order valence-corrected chi connectivity index (χ3v) is 3.17. The summed E-state index contributed by atoms with van der Waals surface area (Å²) >= 11 is 2.29. The molecule has 14 heavy (non-hydrogen) atoms. The fraction of sp³-hybridized carbons (Fsp3) is 0.273. The Kier molecular flexibility index (Phi) is 3.77. The van der Waals surface area contributed by atoms with Crippen LogP contribution < -0.4 is 0 Å². The molecule has 0 saturated carbocycles. The summed E-state index contributed by atoms with van der Waals surface area (Å²) in [6.07, 6.45) is 0. The summed E-state index contributed by atoms with van der Waals surface area (Å²) in [6.45, 7) is 10.4. The highest BCUT2D eigenvalue weighted by Crippen LogP contribution is 2.19. The van der Waals surface area contributed by atoms with Crippen molar-refractivity contribution in [2.45, 2.75) is 19.6 Å². The van der Waals surface area contributed by atoms with Crippen molar-refractivity contribution in [1.29, 1.82) is 0 Å². The van der Waals surface area contributed by atoms with Crippen LogP contribution in [0.4, 0.5) is 0 Å². The van der Waals surface area contributed by atoms with Crippen LogP contribution in [0.3, 0.4) is 0 Å². The lowest BCUT2D eigenvalue weighted by molar-refractivity contribution is 0.516. The highest BCUT2D eigenvalue weighted by Gasteiger charge is 2.17. The topological polar surface area (TPSA) is 9.23 Å². The molecule has 1 rings (SSSR count). The average molecular weight is 318 g/mol. The Morgan fingerprint density at radius 2 is 1.71 bits per heavy atom. The van der Waals surface area contributed by atoms with Gasteiger partial charge in [0.05, 0.1) is 0 Å². The van der Waals surface area contributed by atoms with E-state index in [1.807, 2.05) is 12.1 Å². The number of halogens is 1. The first kappa shape index (κ1) is 11.8. The molecule has 1 aromatic carbocycles. The molecule has 0 unspecified atom stereocenters. The number of hydrogen-bond donors (Lipinski definition) is 0. The minimum Gasteiger partial charge on any atom is -0.544 e. The fourth-order valence-corrected chi connectivity index (χ4v) is 2.28. The molecule has 0 spiro atoms. The van der Waals surface area contributed by atoms with E-state index in [1.165, 1.54) is 3.57 Å². The molecule has 0 aliphatic heterocycles. The van der Waals surface area contributed by atoms with Crippen LogP contribution in [0.15, 0.2) is 30.8 Å². The Labute approximate surface area is 100 Å². The van der Waals surface area contributed by atoms with E-state index < -0.39 is 8.32 Å². The summed E-state index contributed by atoms with van der Waals surface area (Å²) in [5.74, 6) is 0.792. The van der Waals surface area contributed by atoms with E-state index in [4.69, 9.17) is 4.43 Å². The second-order valence-electron chi connectivity index (χ2n) is 4.14. The molecule has 0 atom stereocenters. The molecule has 0 bridgehead atoms. The monoisotopic (exact) mass is 318 g/mol. The van der Waals surface area contributed by atoms with E-state index in [9.17, 15) is 0 Å². The maximum atomic E-state index is 5.81. The molecule has 0 fully saturated rings. The van der Waals surface area contributed by atoms with Crippen molar-refractivity contribution in [3.05, 3.63) is 40.0 Å². The molecular weight excluding hydrogens is 303 g/mol. The summed E-state index contributed by atoms with van der Waals surface area (Å²) in [5.41, 5.74) is 1.08. The molecule has 1 aromatic rings. The first-order valence-electron chi connectivity index (χ1n) is 4.52. The minimum atomic E-state index is -1.52. The maximum Gasteiger partial charge on any atom is 0.242 e. The van der Waals surface area contributed by atoms with E-state index in [-0.39, 0.29) is 0 Å². The van der Waals surface area contributed by atoms with Crippen LogP contribution in [0.25, 0.3) is 5.76 Å². The van der Waals surface area contributed by atoms with E-state index in [0.717, 1.165) is 11.3 Å². The van der Waals surface area contributed by atoms with Gasteiger partial charge >= 0.3 is 0 Å². The molecule has 0 N–H and O–H groups in total. The second kappa shape index (κ2) is 4.48. The van der Waals surface area contributed by atoms with Crippen LogP contribution >= 0.6 is 22.6 Å². The van der Waals surface area contributed by atoms with Crippen LogP contribution in [0, 0.1) is 3.57 Å². The van der Waals surface area contributed by atoms with E-state index in [1.54, 1.807) is 0 Å². The summed E-state index contributed by atoms with van der Waals surface area (Å²) in [7, 11) is -1.52. The van der Waals surface area contributed by atoms with Gasteiger partial charge in [-0.2, -0.15) is 0 Å². The Morgan fingerprint density at radius 3 is 2.14 bits per heavy atom. The SMILES string of the molecule is C=C(O[Si](C)(C)C)c1ccc(I)cc1. The predicted molar refractivity (Wildman–Crippen MR) is 72.6 cm³/mol. The zero-order chi connectivity index (χ0) is 10.8. The molecule has 0 aromatic heterocycles. The van der Waals surface area contributed by atoms with Crippen molar-refractivity contribution < 1.29 is 4.43 Å². The molecular formula is C11H15IOSi. The molecule has 1 nitrogen and oxygen atoms in total. The highest BCUT2D eigenvalue weighted by atomic mass is 127. The van der Waals surface area contributed by atoms with Gasteiger partial charge in [-0.1, -0.05) is 18.7 Å². The second-order valence-corrected chi connectivity index (χ2v) is 9.82. The Balaban J connectivity index is 2.76. The number of benzene rings is 1. The highest BCUT2D eigenvalue weighted by molar-refractivity contribution is 14.1. The maximum absolute atomic E-state index is 5.81. The quantitative estimate of drug-likeness (QED) is 0.463. The van der Waals surface area contributed by atoms with Gasteiger partial charge in [0, 0.05) is 9.13 Å². The zero-order valence-electron chi connectivity index (χ0n) is 8.80. The molecule has 0 saturated heterocycles. The normalized spacial score (nSPS) is 11.1. The third-order valence-electron chi connectivity index (χ3n) is 1.60. The van der Waals surface area contributed by atoms with Gasteiger partial charge in [0.1, 0.15) is 5.76 Å². The summed E-state index contributed by atoms with van der Waals surface area (Å²) < 4.78 is 7.03. The number of hydrogen-bond acceptors (Lipinski definition) is 1. The molecule has 0 amide bonds. The summed E-state index contributed by atoms with van der Waals surface area (Å²) in [4.78, 5) is 0. The Morgan fingerprint density at radius 1 is 1.21 bits per heavy atom. The van der Waals surface area contributed by atoms with Crippen LogP contribution in [0.2, 0.25) is 19.6 Å². The smallest absolute Gasteiger partial charge is 0.242 e. The van der Waals surface area contributed by atoms with E-state index >= 15 is 0 Å². The van der Waals surface area contributed by atoms with Crippen molar-refractivity contribution in [3.63, 3.8) is 0 Å². The van der Waals surface area contributed by atoms with Gasteiger partial charge in [0.15, 0.2) is 0 Å². The predicted octanol–water partition coefficient (Wildman–Crippen LogP) is 4.11. The van der Waals surface area contributed by atoms with Crippen molar-refractivity contribution in [1.82, 2.24) is 0 Å². The van der Waals surface area contributed by atoms with Gasteiger partial charge in [-0.15, -0.1) is 0 Å². The van der Waals surface area contributed by atoms with Crippen LogP contribution in [-0.4, -0.2) is 8.32 Å². The summed E-state index contributed by atoms with van der Waals surface area (Å²) in [6, 6.07) is 8.22. The zero-order valence-corrected chi connectivity index (χ0v) is 12.0. The van der Waals surface area contributed by atoms with Crippen molar-refractivity contribution in [3.8, 4) is 0 Å². The first-order chi connectivity index (χ1) is 6.38. The molecule has 0 heterocycles. The van der Waals surface area contributed by atoms with Gasteiger partial charge in [-0.05, 0) is 54.4 Å². The van der Waals surface area contributed by atoms with Crippen LogP contribution in [-0.2, 0) is 4.43 Å². The number of rotatable bonds is 3. The van der Waals surface area contributed by atoms with Crippen molar-refractivity contribution in [2.24, 2.45) is 0 Å². The lowest BCUT2D eigenvalue weighted by Gasteiger charge is -2.21. The van der Waals surface area contributed by atoms with Gasteiger partial charge < -0.3 is 4.43 Å². The van der Waals surface area contributed by atoms with Gasteiger partial charge in [0.25, 0.3) is 0 Å². The van der Waals surface area contributed by atoms with Gasteiger partial charge in [-0.25, -0.2) is 0 Å². The summed E-state index contributed by atoms with van der Waals surface area (Å²) in [5, 5.41) is 0. The standard InChI is InChI=1S/C11H15IOSi/c1-9(13-14(2,3)4)10-5-7-11(12)8-6-10/h5-8H,1H2,2-4H3. The van der Waals surface area contributed by atoms with Gasteiger partial charge in [-0.3, -0.25) is 0 Å². The molecule has 76 valence electrons. The van der Waals surface area contributed by atoms with Crippen LogP contribution in [0.1, 0.15) is 5.56 Å². The molecule has 3 heteroatoms. The van der Waals surface area contributed by atoms with Crippen molar-refractivity contribution >= 4 is 36.7 Å². The molecule has 0 aliphatic carbocycles. The third kappa shape index (κ3) is 3.83. The van der Waals surface area contributed by atoms with Gasteiger partial charge in [0.2, 0.25) is 8.32 Å². The lowest BCUT2D eigenvalue weighted by Crippen LogP contribution is -2.24. The van der Waals surface area contributed by atoms with E-state index in [0.29, 0.717) is 0 Å². The average Bonchev–Trinajstić information content (AvgIpc) is 2.02. The molecule has 0 aliphatic rings. The Hall–Kier alpha value is -0.293. The van der Waals surface area contributed by atoms with Crippen molar-refractivity contribution in [2.75, 3.05) is 0 Å². The van der Waals surface area contributed by atoms with E-state index in [2.05, 4.69) is 60.9 Å². The largest absolute Gasteiger partial charge is 0.544 e. The molecule has 0 radical (unpaired) electrons. The Bertz CT molecular complexity index is 324. The van der Waals surface area contributed by atoms with Crippen LogP contribution in [0.5, 0.6) is 0 Å². The fourth-order valence-electron chi connectivity index (χ4n) is 1.06. The lowest BCUT2D eigenvalue weighted by atomic mass is 10.2.